The summed E-state index contributed by atoms with van der Waals surface area (Å²) in [4.78, 5) is 0. The minimum absolute atomic E-state index is 0.643. The quantitative estimate of drug-likeness (QED) is 0.733. The number of hydrogen-bond acceptors (Lipinski definition) is 2. The van der Waals surface area contributed by atoms with Crippen molar-refractivity contribution in [2.24, 2.45) is 0 Å². The van der Waals surface area contributed by atoms with Gasteiger partial charge in [-0.15, -0.1) is 0 Å². The van der Waals surface area contributed by atoms with Crippen LogP contribution >= 0.6 is 27.5 Å². The van der Waals surface area contributed by atoms with Crippen molar-refractivity contribution >= 4 is 27.5 Å². The Morgan fingerprint density at radius 3 is 2.44 bits per heavy atom. The van der Waals surface area contributed by atoms with Crippen LogP contribution in [0, 0.1) is 0 Å². The average molecular weight is 328 g/mol. The van der Waals surface area contributed by atoms with Gasteiger partial charge in [-0.1, -0.05) is 45.7 Å². The second-order valence-corrected chi connectivity index (χ2v) is 4.64. The van der Waals surface area contributed by atoms with Crippen LogP contribution < -0.4 is 9.47 Å². The number of para-hydroxylation sites is 2. The smallest absolute Gasteiger partial charge is 0.169 e. The highest BCUT2D eigenvalue weighted by atomic mass is 79.9. The second-order valence-electron chi connectivity index (χ2n) is 3.64. The molecule has 0 aliphatic rings. The molecule has 0 spiro atoms. The van der Waals surface area contributed by atoms with Crippen molar-refractivity contribution < 1.29 is 9.47 Å². The zero-order valence-corrected chi connectivity index (χ0v) is 12.2. The van der Waals surface area contributed by atoms with Gasteiger partial charge in [-0.2, -0.15) is 0 Å². The molecule has 0 atom stereocenters. The van der Waals surface area contributed by atoms with E-state index in [-0.39, 0.29) is 0 Å². The fourth-order valence-electron chi connectivity index (χ4n) is 1.56. The lowest BCUT2D eigenvalue weighted by atomic mass is 10.2. The molecular formula is C14H12BrClO2. The van der Waals surface area contributed by atoms with Gasteiger partial charge in [-0.05, 0) is 24.3 Å². The van der Waals surface area contributed by atoms with Crippen molar-refractivity contribution in [1.29, 1.82) is 0 Å². The summed E-state index contributed by atoms with van der Waals surface area (Å²) < 4.78 is 11.1. The zero-order chi connectivity index (χ0) is 13.0. The molecule has 94 valence electrons. The maximum absolute atomic E-state index is 5.99. The average Bonchev–Trinajstić information content (AvgIpc) is 2.40. The maximum atomic E-state index is 5.99. The molecule has 0 aromatic heterocycles. The molecule has 0 saturated carbocycles. The Kier molecular flexibility index (Phi) is 4.50. The van der Waals surface area contributed by atoms with E-state index in [2.05, 4.69) is 15.9 Å². The van der Waals surface area contributed by atoms with Crippen LogP contribution in [0.5, 0.6) is 17.2 Å². The minimum atomic E-state index is 0.643. The number of hydrogen-bond donors (Lipinski definition) is 0. The van der Waals surface area contributed by atoms with Crippen LogP contribution in [0.1, 0.15) is 5.56 Å². The van der Waals surface area contributed by atoms with Crippen molar-refractivity contribution in [3.63, 3.8) is 0 Å². The van der Waals surface area contributed by atoms with Gasteiger partial charge in [0.2, 0.25) is 0 Å². The largest absolute Gasteiger partial charge is 0.493 e. The van der Waals surface area contributed by atoms with Crippen LogP contribution in [0.4, 0.5) is 0 Å². The predicted octanol–water partition coefficient (Wildman–Crippen LogP) is 5.04. The molecule has 0 heterocycles. The van der Waals surface area contributed by atoms with Crippen molar-refractivity contribution in [3.05, 3.63) is 53.1 Å². The summed E-state index contributed by atoms with van der Waals surface area (Å²) in [6.45, 7) is 0. The van der Waals surface area contributed by atoms with Crippen LogP contribution in [0.15, 0.2) is 42.5 Å². The topological polar surface area (TPSA) is 18.5 Å². The lowest BCUT2D eigenvalue weighted by Crippen LogP contribution is -1.92. The summed E-state index contributed by atoms with van der Waals surface area (Å²) in [6.07, 6.45) is 0. The molecule has 2 nitrogen and oxygen atoms in total. The minimum Gasteiger partial charge on any atom is -0.493 e. The van der Waals surface area contributed by atoms with Gasteiger partial charge in [0.05, 0.1) is 7.11 Å². The number of benzene rings is 2. The van der Waals surface area contributed by atoms with E-state index >= 15 is 0 Å². The molecule has 2 rings (SSSR count). The first-order chi connectivity index (χ1) is 8.74. The number of halogens is 2. The van der Waals surface area contributed by atoms with Crippen LogP contribution in [0.2, 0.25) is 5.02 Å². The SMILES string of the molecule is COc1ccccc1Oc1cc(Cl)ccc1CBr. The number of rotatable bonds is 4. The summed E-state index contributed by atoms with van der Waals surface area (Å²) in [5, 5.41) is 1.35. The van der Waals surface area contributed by atoms with Crippen LogP contribution in [-0.2, 0) is 5.33 Å². The molecule has 0 amide bonds. The molecule has 0 bridgehead atoms. The van der Waals surface area contributed by atoms with Crippen LogP contribution in [-0.4, -0.2) is 7.11 Å². The summed E-state index contributed by atoms with van der Waals surface area (Å²) in [5.41, 5.74) is 1.03. The first-order valence-corrected chi connectivity index (χ1v) is 6.90. The third kappa shape index (κ3) is 2.98. The Labute approximate surface area is 120 Å². The molecule has 0 saturated heterocycles. The Hall–Kier alpha value is -1.19. The Morgan fingerprint density at radius 2 is 1.78 bits per heavy atom. The third-order valence-corrected chi connectivity index (χ3v) is 3.30. The zero-order valence-electron chi connectivity index (χ0n) is 9.82. The lowest BCUT2D eigenvalue weighted by molar-refractivity contribution is 0.378. The monoisotopic (exact) mass is 326 g/mol. The fourth-order valence-corrected chi connectivity index (χ4v) is 2.18. The van der Waals surface area contributed by atoms with Gasteiger partial charge >= 0.3 is 0 Å². The summed E-state index contributed by atoms with van der Waals surface area (Å²) in [5.74, 6) is 2.09. The highest BCUT2D eigenvalue weighted by Crippen LogP contribution is 2.34. The summed E-state index contributed by atoms with van der Waals surface area (Å²) in [6, 6.07) is 13.1. The Bertz CT molecular complexity index is 543. The standard InChI is InChI=1S/C14H12BrClO2/c1-17-12-4-2-3-5-13(12)18-14-8-11(16)7-6-10(14)9-15/h2-8H,9H2,1H3. The fraction of sp³-hybridized carbons (Fsp3) is 0.143. The molecule has 0 aliphatic heterocycles. The van der Waals surface area contributed by atoms with Crippen molar-refractivity contribution in [1.82, 2.24) is 0 Å². The predicted molar refractivity (Wildman–Crippen MR) is 77.2 cm³/mol. The highest BCUT2D eigenvalue weighted by molar-refractivity contribution is 9.08. The van der Waals surface area contributed by atoms with Crippen LogP contribution in [0.25, 0.3) is 0 Å². The number of methoxy groups -OCH3 is 1. The molecule has 18 heavy (non-hydrogen) atoms. The Balaban J connectivity index is 2.36. The van der Waals surface area contributed by atoms with E-state index in [0.717, 1.165) is 11.3 Å². The van der Waals surface area contributed by atoms with Crippen molar-refractivity contribution in [3.8, 4) is 17.2 Å². The van der Waals surface area contributed by atoms with E-state index in [1.54, 1.807) is 13.2 Å². The number of ether oxygens (including phenoxy) is 2. The van der Waals surface area contributed by atoms with Gasteiger partial charge in [0.15, 0.2) is 11.5 Å². The number of alkyl halides is 1. The lowest BCUT2D eigenvalue weighted by Gasteiger charge is -2.12. The summed E-state index contributed by atoms with van der Waals surface area (Å²) in [7, 11) is 1.62. The molecule has 0 radical (unpaired) electrons. The molecule has 2 aromatic rings. The highest BCUT2D eigenvalue weighted by Gasteiger charge is 2.08. The van der Waals surface area contributed by atoms with E-state index in [9.17, 15) is 0 Å². The molecule has 0 N–H and O–H groups in total. The van der Waals surface area contributed by atoms with E-state index in [1.165, 1.54) is 0 Å². The van der Waals surface area contributed by atoms with Crippen LogP contribution in [0.3, 0.4) is 0 Å². The molecule has 0 aliphatic carbocycles. The van der Waals surface area contributed by atoms with Crippen molar-refractivity contribution in [2.75, 3.05) is 7.11 Å². The van der Waals surface area contributed by atoms with E-state index in [1.807, 2.05) is 36.4 Å². The van der Waals surface area contributed by atoms with Gasteiger partial charge in [-0.3, -0.25) is 0 Å². The molecule has 4 heteroatoms. The molecule has 0 unspecified atom stereocenters. The first kappa shape index (κ1) is 13.2. The normalized spacial score (nSPS) is 10.2. The molecule has 2 aromatic carbocycles. The van der Waals surface area contributed by atoms with E-state index < -0.39 is 0 Å². The maximum Gasteiger partial charge on any atom is 0.169 e. The Morgan fingerprint density at radius 1 is 1.06 bits per heavy atom. The van der Waals surface area contributed by atoms with E-state index in [4.69, 9.17) is 21.1 Å². The van der Waals surface area contributed by atoms with E-state index in [0.29, 0.717) is 21.9 Å². The molecule has 0 fully saturated rings. The second kappa shape index (κ2) is 6.12. The van der Waals surface area contributed by atoms with Gasteiger partial charge in [0.1, 0.15) is 5.75 Å². The molecular weight excluding hydrogens is 316 g/mol. The van der Waals surface area contributed by atoms with Gasteiger partial charge in [0, 0.05) is 15.9 Å². The van der Waals surface area contributed by atoms with Gasteiger partial charge in [0.25, 0.3) is 0 Å². The van der Waals surface area contributed by atoms with Gasteiger partial charge < -0.3 is 9.47 Å². The van der Waals surface area contributed by atoms with Gasteiger partial charge in [-0.25, -0.2) is 0 Å². The first-order valence-electron chi connectivity index (χ1n) is 5.40. The summed E-state index contributed by atoms with van der Waals surface area (Å²) >= 11 is 9.41. The third-order valence-electron chi connectivity index (χ3n) is 2.46. The van der Waals surface area contributed by atoms with Crippen molar-refractivity contribution in [2.45, 2.75) is 5.33 Å².